The van der Waals surface area contributed by atoms with Gasteiger partial charge in [0.25, 0.3) is 0 Å². The predicted molar refractivity (Wildman–Crippen MR) is 76.0 cm³/mol. The molecule has 0 radical (unpaired) electrons. The normalized spacial score (nSPS) is 30.7. The molecule has 1 saturated carbocycles. The number of anilines is 1. The number of rotatable bonds is 3. The Morgan fingerprint density at radius 2 is 2.17 bits per heavy atom. The second-order valence-corrected chi connectivity index (χ2v) is 6.36. The number of hydrogen-bond donors (Lipinski definition) is 1. The van der Waals surface area contributed by atoms with Crippen molar-refractivity contribution in [2.45, 2.75) is 25.8 Å². The third-order valence-electron chi connectivity index (χ3n) is 4.29. The fourth-order valence-electron chi connectivity index (χ4n) is 3.36. The quantitative estimate of drug-likeness (QED) is 0.805. The van der Waals surface area contributed by atoms with Crippen LogP contribution in [0.3, 0.4) is 0 Å². The summed E-state index contributed by atoms with van der Waals surface area (Å²) in [4.78, 5) is 0. The first-order valence-corrected chi connectivity index (χ1v) is 7.32. The summed E-state index contributed by atoms with van der Waals surface area (Å²) in [5.41, 5.74) is 0.982. The molecular weight excluding hydrogens is 293 g/mol. The van der Waals surface area contributed by atoms with Gasteiger partial charge in [0, 0.05) is 16.2 Å². The Labute approximate surface area is 116 Å². The van der Waals surface area contributed by atoms with Crippen LogP contribution >= 0.6 is 15.9 Å². The van der Waals surface area contributed by atoms with E-state index < -0.39 is 0 Å². The molecule has 4 unspecified atom stereocenters. The number of allylic oxidation sites excluding steroid dienone is 2. The molecule has 18 heavy (non-hydrogen) atoms. The Bertz CT molecular complexity index is 485. The SMILES string of the molecule is CC(Nc1ccc(F)cc1Br)C1CC2C=CC1C2. The van der Waals surface area contributed by atoms with Crippen molar-refractivity contribution in [1.82, 2.24) is 0 Å². The van der Waals surface area contributed by atoms with Crippen LogP contribution in [0.4, 0.5) is 10.1 Å². The third kappa shape index (κ3) is 2.20. The Balaban J connectivity index is 1.71. The van der Waals surface area contributed by atoms with E-state index in [0.29, 0.717) is 12.0 Å². The van der Waals surface area contributed by atoms with Crippen molar-refractivity contribution in [3.05, 3.63) is 40.6 Å². The molecule has 1 nitrogen and oxygen atoms in total. The van der Waals surface area contributed by atoms with Gasteiger partial charge in [0.05, 0.1) is 0 Å². The first-order chi connectivity index (χ1) is 8.63. The maximum Gasteiger partial charge on any atom is 0.124 e. The van der Waals surface area contributed by atoms with E-state index in [1.165, 1.54) is 25.0 Å². The molecule has 4 atom stereocenters. The molecule has 1 fully saturated rings. The molecule has 2 aliphatic carbocycles. The van der Waals surface area contributed by atoms with Gasteiger partial charge >= 0.3 is 0 Å². The van der Waals surface area contributed by atoms with E-state index in [1.807, 2.05) is 0 Å². The second kappa shape index (κ2) is 4.69. The minimum Gasteiger partial charge on any atom is -0.381 e. The number of nitrogens with one attached hydrogen (secondary N) is 1. The summed E-state index contributed by atoms with van der Waals surface area (Å²) in [7, 11) is 0. The Morgan fingerprint density at radius 3 is 2.78 bits per heavy atom. The minimum atomic E-state index is -0.206. The van der Waals surface area contributed by atoms with Gasteiger partial charge in [0.2, 0.25) is 0 Å². The maximum atomic E-state index is 13.0. The van der Waals surface area contributed by atoms with Crippen LogP contribution in [0.1, 0.15) is 19.8 Å². The van der Waals surface area contributed by atoms with Crippen LogP contribution in [0, 0.1) is 23.6 Å². The van der Waals surface area contributed by atoms with Crippen LogP contribution in [-0.2, 0) is 0 Å². The van der Waals surface area contributed by atoms with Crippen molar-refractivity contribution in [2.24, 2.45) is 17.8 Å². The van der Waals surface area contributed by atoms with E-state index in [9.17, 15) is 4.39 Å². The first kappa shape index (κ1) is 12.2. The molecule has 3 rings (SSSR count). The van der Waals surface area contributed by atoms with Gasteiger partial charge in [0.1, 0.15) is 5.82 Å². The third-order valence-corrected chi connectivity index (χ3v) is 4.94. The molecule has 3 heteroatoms. The molecule has 0 aromatic heterocycles. The highest BCUT2D eigenvalue weighted by atomic mass is 79.9. The van der Waals surface area contributed by atoms with Crippen LogP contribution in [0.15, 0.2) is 34.8 Å². The van der Waals surface area contributed by atoms with Gasteiger partial charge < -0.3 is 5.32 Å². The monoisotopic (exact) mass is 309 g/mol. The number of hydrogen-bond acceptors (Lipinski definition) is 1. The molecule has 2 aliphatic rings. The first-order valence-electron chi connectivity index (χ1n) is 6.53. The van der Waals surface area contributed by atoms with Crippen LogP contribution in [0.25, 0.3) is 0 Å². The molecule has 1 aromatic carbocycles. The van der Waals surface area contributed by atoms with Crippen molar-refractivity contribution >= 4 is 21.6 Å². The molecule has 0 amide bonds. The van der Waals surface area contributed by atoms with Crippen LogP contribution in [0.2, 0.25) is 0 Å². The predicted octanol–water partition coefficient (Wildman–Crippen LogP) is 4.60. The van der Waals surface area contributed by atoms with E-state index >= 15 is 0 Å². The van der Waals surface area contributed by atoms with Gasteiger partial charge in [-0.2, -0.15) is 0 Å². The molecule has 0 spiro atoms. The van der Waals surface area contributed by atoms with Crippen molar-refractivity contribution in [3.63, 3.8) is 0 Å². The summed E-state index contributed by atoms with van der Waals surface area (Å²) in [5.74, 6) is 2.03. The number of benzene rings is 1. The molecule has 1 aromatic rings. The average molecular weight is 310 g/mol. The fourth-order valence-corrected chi connectivity index (χ4v) is 3.82. The van der Waals surface area contributed by atoms with E-state index in [-0.39, 0.29) is 5.82 Å². The zero-order valence-electron chi connectivity index (χ0n) is 10.4. The number of fused-ring (bicyclic) bond motifs is 2. The zero-order valence-corrected chi connectivity index (χ0v) is 12.0. The van der Waals surface area contributed by atoms with Gasteiger partial charge in [0.15, 0.2) is 0 Å². The van der Waals surface area contributed by atoms with Gasteiger partial charge in [-0.15, -0.1) is 0 Å². The lowest BCUT2D eigenvalue weighted by molar-refractivity contribution is 0.400. The molecule has 0 heterocycles. The lowest BCUT2D eigenvalue weighted by Crippen LogP contribution is -2.28. The Kier molecular flexibility index (Phi) is 3.18. The summed E-state index contributed by atoms with van der Waals surface area (Å²) in [6, 6.07) is 5.24. The largest absolute Gasteiger partial charge is 0.381 e. The fraction of sp³-hybridized carbons (Fsp3) is 0.467. The van der Waals surface area contributed by atoms with Crippen LogP contribution in [0.5, 0.6) is 0 Å². The summed E-state index contributed by atoms with van der Waals surface area (Å²) in [5, 5.41) is 3.52. The van der Waals surface area contributed by atoms with E-state index in [0.717, 1.165) is 22.0 Å². The van der Waals surface area contributed by atoms with Gasteiger partial charge in [-0.1, -0.05) is 12.2 Å². The lowest BCUT2D eigenvalue weighted by Gasteiger charge is -2.27. The Morgan fingerprint density at radius 1 is 1.33 bits per heavy atom. The summed E-state index contributed by atoms with van der Waals surface area (Å²) >= 11 is 3.41. The topological polar surface area (TPSA) is 12.0 Å². The maximum absolute atomic E-state index is 13.0. The van der Waals surface area contributed by atoms with E-state index in [2.05, 4.69) is 40.3 Å². The van der Waals surface area contributed by atoms with Crippen molar-refractivity contribution in [2.75, 3.05) is 5.32 Å². The van der Waals surface area contributed by atoms with Gasteiger partial charge in [-0.3, -0.25) is 0 Å². The zero-order chi connectivity index (χ0) is 12.7. The van der Waals surface area contributed by atoms with E-state index in [1.54, 1.807) is 6.07 Å². The molecule has 1 N–H and O–H groups in total. The Hall–Kier alpha value is -0.830. The lowest BCUT2D eigenvalue weighted by atomic mass is 9.87. The van der Waals surface area contributed by atoms with Gasteiger partial charge in [-0.25, -0.2) is 4.39 Å². The molecular formula is C15H17BrFN. The summed E-state index contributed by atoms with van der Waals surface area (Å²) in [6.45, 7) is 2.23. The smallest absolute Gasteiger partial charge is 0.124 e. The van der Waals surface area contributed by atoms with Crippen LogP contribution < -0.4 is 5.32 Å². The van der Waals surface area contributed by atoms with Crippen LogP contribution in [-0.4, -0.2) is 6.04 Å². The van der Waals surface area contributed by atoms with Crippen molar-refractivity contribution < 1.29 is 4.39 Å². The second-order valence-electron chi connectivity index (χ2n) is 5.50. The standard InChI is InChI=1S/C15H17BrFN/c1-9(13-7-10-2-3-11(13)6-10)18-15-5-4-12(17)8-14(15)16/h2-5,8-11,13,18H,6-7H2,1H3. The minimum absolute atomic E-state index is 0.206. The van der Waals surface area contributed by atoms with Crippen molar-refractivity contribution in [3.8, 4) is 0 Å². The number of halogens is 2. The highest BCUT2D eigenvalue weighted by Crippen LogP contribution is 2.45. The molecule has 96 valence electrons. The van der Waals surface area contributed by atoms with Crippen molar-refractivity contribution in [1.29, 1.82) is 0 Å². The highest BCUT2D eigenvalue weighted by Gasteiger charge is 2.38. The van der Waals surface area contributed by atoms with E-state index in [4.69, 9.17) is 0 Å². The summed E-state index contributed by atoms with van der Waals surface area (Å²) in [6.07, 6.45) is 7.34. The highest BCUT2D eigenvalue weighted by molar-refractivity contribution is 9.10. The molecule has 2 bridgehead atoms. The van der Waals surface area contributed by atoms with Gasteiger partial charge in [-0.05, 0) is 71.6 Å². The molecule has 0 saturated heterocycles. The average Bonchev–Trinajstić information content (AvgIpc) is 2.94. The molecule has 0 aliphatic heterocycles. The summed E-state index contributed by atoms with van der Waals surface area (Å²) < 4.78 is 13.8.